The van der Waals surface area contributed by atoms with Crippen LogP contribution in [0.2, 0.25) is 0 Å². The summed E-state index contributed by atoms with van der Waals surface area (Å²) in [7, 11) is 1.80. The van der Waals surface area contributed by atoms with E-state index in [1.807, 2.05) is 0 Å². The van der Waals surface area contributed by atoms with Crippen LogP contribution in [0.5, 0.6) is 0 Å². The first-order chi connectivity index (χ1) is 6.66. The van der Waals surface area contributed by atoms with Crippen LogP contribution < -0.4 is 0 Å². The molecule has 1 heterocycles. The number of alkyl halides is 1. The molecule has 3 nitrogen and oxygen atoms in total. The summed E-state index contributed by atoms with van der Waals surface area (Å²) < 4.78 is 5.08. The monoisotopic (exact) mass is 259 g/mol. The van der Waals surface area contributed by atoms with Crippen molar-refractivity contribution in [3.63, 3.8) is 0 Å². The molecule has 0 fully saturated rings. The lowest BCUT2D eigenvalue weighted by Gasteiger charge is -2.15. The van der Waals surface area contributed by atoms with Gasteiger partial charge < -0.3 is 9.32 Å². The Hall–Kier alpha value is -0.770. The molecule has 1 amide bonds. The molecule has 0 radical (unpaired) electrons. The second-order valence-corrected chi connectivity index (χ2v) is 3.95. The van der Waals surface area contributed by atoms with E-state index < -0.39 is 0 Å². The molecule has 0 atom stereocenters. The topological polar surface area (TPSA) is 33.5 Å². The molecular weight excluding hydrogens is 246 g/mol. The zero-order valence-electron chi connectivity index (χ0n) is 8.42. The lowest BCUT2D eigenvalue weighted by molar-refractivity contribution is 0.0794. The Bertz CT molecular complexity index is 309. The van der Waals surface area contributed by atoms with Gasteiger partial charge in [-0.3, -0.25) is 4.79 Å². The zero-order chi connectivity index (χ0) is 10.6. The Morgan fingerprint density at radius 3 is 2.86 bits per heavy atom. The van der Waals surface area contributed by atoms with Gasteiger partial charge in [-0.15, -0.1) is 0 Å². The van der Waals surface area contributed by atoms with Gasteiger partial charge in [-0.2, -0.15) is 0 Å². The van der Waals surface area contributed by atoms with E-state index in [1.165, 1.54) is 0 Å². The molecule has 14 heavy (non-hydrogen) atoms. The predicted octanol–water partition coefficient (Wildman–Crippen LogP) is 2.45. The quantitative estimate of drug-likeness (QED) is 0.779. The molecule has 1 rings (SSSR count). The Balaban J connectivity index is 2.61. The van der Waals surface area contributed by atoms with Crippen LogP contribution >= 0.6 is 15.9 Å². The summed E-state index contributed by atoms with van der Waals surface area (Å²) in [6.45, 7) is 2.56. The van der Waals surface area contributed by atoms with Crippen molar-refractivity contribution in [2.45, 2.75) is 13.3 Å². The van der Waals surface area contributed by atoms with Gasteiger partial charge in [0.1, 0.15) is 5.76 Å². The van der Waals surface area contributed by atoms with E-state index in [-0.39, 0.29) is 5.91 Å². The molecule has 4 heteroatoms. The van der Waals surface area contributed by atoms with Gasteiger partial charge in [0.05, 0.1) is 11.8 Å². The fraction of sp³-hybridized carbons (Fsp3) is 0.500. The molecule has 0 aliphatic rings. The summed E-state index contributed by atoms with van der Waals surface area (Å²) in [5, 5.41) is 0.912. The molecule has 0 aliphatic heterocycles. The van der Waals surface area contributed by atoms with Crippen LogP contribution in [-0.2, 0) is 0 Å². The summed E-state index contributed by atoms with van der Waals surface area (Å²) in [6.07, 6.45) is 2.50. The molecule has 0 aliphatic carbocycles. The number of hydrogen-bond acceptors (Lipinski definition) is 2. The van der Waals surface area contributed by atoms with Crippen LogP contribution in [0.3, 0.4) is 0 Å². The third kappa shape index (κ3) is 2.61. The van der Waals surface area contributed by atoms with Crippen LogP contribution in [0.25, 0.3) is 0 Å². The Kier molecular flexibility index (Phi) is 4.20. The fourth-order valence-corrected chi connectivity index (χ4v) is 1.46. The maximum Gasteiger partial charge on any atom is 0.257 e. The summed E-state index contributed by atoms with van der Waals surface area (Å²) in [5.41, 5.74) is 0.655. The summed E-state index contributed by atoms with van der Waals surface area (Å²) in [6, 6.07) is 1.71. The number of halogens is 1. The van der Waals surface area contributed by atoms with Crippen molar-refractivity contribution in [3.8, 4) is 0 Å². The van der Waals surface area contributed by atoms with Gasteiger partial charge in [0.2, 0.25) is 0 Å². The highest BCUT2D eigenvalue weighted by Crippen LogP contribution is 2.11. The third-order valence-corrected chi connectivity index (χ3v) is 2.62. The van der Waals surface area contributed by atoms with Crippen LogP contribution in [0.15, 0.2) is 16.7 Å². The first kappa shape index (κ1) is 11.3. The minimum atomic E-state index is 0.0252. The minimum Gasteiger partial charge on any atom is -0.469 e. The first-order valence-corrected chi connectivity index (χ1v) is 5.64. The van der Waals surface area contributed by atoms with Gasteiger partial charge in [0.25, 0.3) is 5.91 Å². The van der Waals surface area contributed by atoms with Crippen molar-refractivity contribution in [2.75, 3.05) is 18.9 Å². The lowest BCUT2D eigenvalue weighted by atomic mass is 10.2. The molecule has 0 N–H and O–H groups in total. The predicted molar refractivity (Wildman–Crippen MR) is 58.8 cm³/mol. The fourth-order valence-electron chi connectivity index (χ4n) is 1.21. The van der Waals surface area contributed by atoms with Crippen molar-refractivity contribution < 1.29 is 9.21 Å². The van der Waals surface area contributed by atoms with Gasteiger partial charge in [-0.1, -0.05) is 15.9 Å². The van der Waals surface area contributed by atoms with Gasteiger partial charge in [0.15, 0.2) is 0 Å². The van der Waals surface area contributed by atoms with Crippen LogP contribution in [-0.4, -0.2) is 29.7 Å². The Morgan fingerprint density at radius 1 is 1.64 bits per heavy atom. The number of aryl methyl sites for hydroxylation is 1. The molecule has 0 saturated carbocycles. The molecule has 1 aromatic rings. The van der Waals surface area contributed by atoms with Crippen molar-refractivity contribution in [1.82, 2.24) is 4.90 Å². The third-order valence-electron chi connectivity index (χ3n) is 2.06. The molecule has 0 saturated heterocycles. The summed E-state index contributed by atoms with van der Waals surface area (Å²) in [4.78, 5) is 13.5. The van der Waals surface area contributed by atoms with Crippen LogP contribution in [0.1, 0.15) is 22.5 Å². The average Bonchev–Trinajstić information content (AvgIpc) is 2.59. The largest absolute Gasteiger partial charge is 0.469 e. The van der Waals surface area contributed by atoms with Gasteiger partial charge in [-0.05, 0) is 19.4 Å². The number of nitrogens with zero attached hydrogens (tertiary/aromatic N) is 1. The molecule has 0 aromatic carbocycles. The van der Waals surface area contributed by atoms with E-state index in [0.717, 1.165) is 18.3 Å². The highest BCUT2D eigenvalue weighted by molar-refractivity contribution is 9.09. The highest BCUT2D eigenvalue weighted by atomic mass is 79.9. The van der Waals surface area contributed by atoms with Crippen molar-refractivity contribution in [3.05, 3.63) is 23.7 Å². The maximum atomic E-state index is 11.8. The van der Waals surface area contributed by atoms with Crippen molar-refractivity contribution in [1.29, 1.82) is 0 Å². The summed E-state index contributed by atoms with van der Waals surface area (Å²) in [5.74, 6) is 0.706. The molecular formula is C10H14BrNO2. The standard InChI is InChI=1S/C10H14BrNO2/c1-8-9(4-7-14-8)10(13)12(2)6-3-5-11/h4,7H,3,5-6H2,1-2H3. The molecule has 0 unspecified atom stereocenters. The second-order valence-electron chi connectivity index (χ2n) is 3.16. The van der Waals surface area contributed by atoms with E-state index in [0.29, 0.717) is 11.3 Å². The number of rotatable bonds is 4. The lowest BCUT2D eigenvalue weighted by Crippen LogP contribution is -2.28. The summed E-state index contributed by atoms with van der Waals surface area (Å²) >= 11 is 3.33. The second kappa shape index (κ2) is 5.20. The molecule has 78 valence electrons. The normalized spacial score (nSPS) is 10.2. The zero-order valence-corrected chi connectivity index (χ0v) is 10.0. The van der Waals surface area contributed by atoms with Gasteiger partial charge in [0, 0.05) is 18.9 Å². The average molecular weight is 260 g/mol. The number of carbonyl (C=O) groups excluding carboxylic acids is 1. The van der Waals surface area contributed by atoms with Crippen molar-refractivity contribution in [2.24, 2.45) is 0 Å². The Morgan fingerprint density at radius 2 is 2.36 bits per heavy atom. The van der Waals surface area contributed by atoms with E-state index in [1.54, 1.807) is 31.2 Å². The van der Waals surface area contributed by atoms with E-state index >= 15 is 0 Å². The van der Waals surface area contributed by atoms with Crippen LogP contribution in [0, 0.1) is 6.92 Å². The molecule has 0 bridgehead atoms. The molecule has 1 aromatic heterocycles. The minimum absolute atomic E-state index is 0.0252. The number of amides is 1. The van der Waals surface area contributed by atoms with Gasteiger partial charge >= 0.3 is 0 Å². The van der Waals surface area contributed by atoms with E-state index in [2.05, 4.69) is 15.9 Å². The van der Waals surface area contributed by atoms with E-state index in [4.69, 9.17) is 4.42 Å². The maximum absolute atomic E-state index is 11.8. The first-order valence-electron chi connectivity index (χ1n) is 4.52. The number of hydrogen-bond donors (Lipinski definition) is 0. The van der Waals surface area contributed by atoms with E-state index in [9.17, 15) is 4.79 Å². The van der Waals surface area contributed by atoms with Crippen LogP contribution in [0.4, 0.5) is 0 Å². The van der Waals surface area contributed by atoms with Crippen molar-refractivity contribution >= 4 is 21.8 Å². The number of carbonyl (C=O) groups is 1. The smallest absolute Gasteiger partial charge is 0.257 e. The van der Waals surface area contributed by atoms with Gasteiger partial charge in [-0.25, -0.2) is 0 Å². The number of furan rings is 1. The highest BCUT2D eigenvalue weighted by Gasteiger charge is 2.15. The SMILES string of the molecule is Cc1occc1C(=O)N(C)CCCBr. The Labute approximate surface area is 92.2 Å². The molecule has 0 spiro atoms.